The van der Waals surface area contributed by atoms with E-state index in [4.69, 9.17) is 0 Å². The van der Waals surface area contributed by atoms with E-state index in [0.29, 0.717) is 22.4 Å². The molecule has 0 saturated carbocycles. The standard InChI is InChI=1S/C32H29F3N6O3S/c1-19(2)26-7-5-6-8-27(26)41-28(42)17-45-31(41)38-30(43)37-21(4)20(3)22-9-11-23(12-10-22)29-36-18-40(39-29)24-13-15-25(16-14-24)44-32(33,34)35/h5-16,18-20H,17H2,1-4H3. The summed E-state index contributed by atoms with van der Waals surface area (Å²) in [5.74, 6) is 0.126. The molecule has 0 bridgehead atoms. The number of thioether (sulfide) groups is 1. The molecule has 4 aromatic rings. The van der Waals surface area contributed by atoms with Gasteiger partial charge in [-0.25, -0.2) is 19.5 Å². The van der Waals surface area contributed by atoms with Crippen LogP contribution < -0.4 is 9.64 Å². The first-order valence-corrected chi connectivity index (χ1v) is 15.0. The van der Waals surface area contributed by atoms with Crippen molar-refractivity contribution in [1.29, 1.82) is 0 Å². The summed E-state index contributed by atoms with van der Waals surface area (Å²) in [6.45, 7) is 7.76. The molecule has 0 aliphatic carbocycles. The predicted octanol–water partition coefficient (Wildman–Crippen LogP) is 7.78. The second-order valence-electron chi connectivity index (χ2n) is 10.6. The molecule has 13 heteroatoms. The Hall–Kier alpha value is -4.78. The quantitative estimate of drug-likeness (QED) is 0.193. The molecule has 0 radical (unpaired) electrons. The van der Waals surface area contributed by atoms with Crippen LogP contribution in [0.15, 0.2) is 89.1 Å². The summed E-state index contributed by atoms with van der Waals surface area (Å²) in [5.41, 5.74) is 4.40. The summed E-state index contributed by atoms with van der Waals surface area (Å²) < 4.78 is 42.6. The zero-order valence-electron chi connectivity index (χ0n) is 24.8. The normalized spacial score (nSPS) is 15.6. The van der Waals surface area contributed by atoms with Gasteiger partial charge >= 0.3 is 12.4 Å². The highest BCUT2D eigenvalue weighted by molar-refractivity contribution is 8.15. The Morgan fingerprint density at radius 2 is 1.69 bits per heavy atom. The van der Waals surface area contributed by atoms with Crippen molar-refractivity contribution < 1.29 is 27.5 Å². The lowest BCUT2D eigenvalue weighted by atomic mass is 9.96. The number of aromatic nitrogens is 3. The van der Waals surface area contributed by atoms with Gasteiger partial charge in [0.25, 0.3) is 0 Å². The van der Waals surface area contributed by atoms with Gasteiger partial charge in [0.1, 0.15) is 12.1 Å². The monoisotopic (exact) mass is 634 g/mol. The topological polar surface area (TPSA) is 102 Å². The first-order chi connectivity index (χ1) is 21.4. The highest BCUT2D eigenvalue weighted by atomic mass is 32.2. The summed E-state index contributed by atoms with van der Waals surface area (Å²) in [6, 6.07) is 19.7. The fraction of sp³-hybridized carbons (Fsp3) is 0.250. The average Bonchev–Trinajstić information content (AvgIpc) is 3.63. The maximum atomic E-state index is 12.9. The van der Waals surface area contributed by atoms with Gasteiger partial charge in [0.05, 0.1) is 17.1 Å². The number of anilines is 1. The van der Waals surface area contributed by atoms with Crippen LogP contribution in [0.3, 0.4) is 0 Å². The molecule has 1 aliphatic heterocycles. The number of carbonyl (C=O) groups excluding carboxylic acids is 2. The summed E-state index contributed by atoms with van der Waals surface area (Å²) in [7, 11) is 0. The molecule has 45 heavy (non-hydrogen) atoms. The fourth-order valence-electron chi connectivity index (χ4n) is 4.70. The Bertz CT molecular complexity index is 1770. The molecule has 0 N–H and O–H groups in total. The molecule has 1 fully saturated rings. The second kappa shape index (κ2) is 13.1. The molecule has 1 unspecified atom stereocenters. The van der Waals surface area contributed by atoms with Crippen LogP contribution in [0.4, 0.5) is 23.7 Å². The number of rotatable bonds is 7. The lowest BCUT2D eigenvalue weighted by Crippen LogP contribution is -2.30. The maximum absolute atomic E-state index is 12.9. The number of alkyl halides is 3. The van der Waals surface area contributed by atoms with E-state index in [-0.39, 0.29) is 29.2 Å². The molecule has 1 saturated heterocycles. The molecule has 2 heterocycles. The molecule has 9 nitrogen and oxygen atoms in total. The van der Waals surface area contributed by atoms with Crippen molar-refractivity contribution in [2.75, 3.05) is 10.7 Å². The van der Waals surface area contributed by atoms with Crippen molar-refractivity contribution in [3.8, 4) is 22.8 Å². The lowest BCUT2D eigenvalue weighted by Gasteiger charge is -2.21. The minimum absolute atomic E-state index is 0.137. The number of amidine groups is 1. The van der Waals surface area contributed by atoms with E-state index in [1.54, 1.807) is 6.92 Å². The van der Waals surface area contributed by atoms with Gasteiger partial charge in [-0.05, 0) is 54.3 Å². The third-order valence-corrected chi connectivity index (χ3v) is 8.07. The van der Waals surface area contributed by atoms with Gasteiger partial charge < -0.3 is 4.74 Å². The maximum Gasteiger partial charge on any atom is 0.573 e. The van der Waals surface area contributed by atoms with Crippen molar-refractivity contribution in [3.63, 3.8) is 0 Å². The van der Waals surface area contributed by atoms with E-state index < -0.39 is 12.4 Å². The van der Waals surface area contributed by atoms with Crippen LogP contribution in [0.1, 0.15) is 50.7 Å². The van der Waals surface area contributed by atoms with Crippen LogP contribution in [-0.4, -0.2) is 49.7 Å². The zero-order chi connectivity index (χ0) is 32.3. The summed E-state index contributed by atoms with van der Waals surface area (Å²) in [6.07, 6.45) is -3.30. The largest absolute Gasteiger partial charge is 0.573 e. The number of aliphatic imine (C=N–C) groups is 2. The molecular weight excluding hydrogens is 605 g/mol. The van der Waals surface area contributed by atoms with Crippen LogP contribution in [0.2, 0.25) is 0 Å². The number of carbonyl (C=O) groups is 2. The summed E-state index contributed by atoms with van der Waals surface area (Å²) in [4.78, 5) is 39.8. The van der Waals surface area contributed by atoms with E-state index in [0.717, 1.165) is 22.4 Å². The van der Waals surface area contributed by atoms with E-state index in [1.165, 1.54) is 51.9 Å². The SMILES string of the molecule is CC(=NC(=O)N=C1SCC(=O)N1c1ccccc1C(C)C)C(C)c1ccc(-c2ncn(-c3ccc(OC(F)(F)F)cc3)n2)cc1. The zero-order valence-corrected chi connectivity index (χ0v) is 25.6. The third-order valence-electron chi connectivity index (χ3n) is 7.15. The van der Waals surface area contributed by atoms with Gasteiger partial charge in [-0.15, -0.1) is 18.3 Å². The number of hydrogen-bond acceptors (Lipinski definition) is 6. The first-order valence-electron chi connectivity index (χ1n) is 14.0. The van der Waals surface area contributed by atoms with Crippen LogP contribution in [0, 0.1) is 0 Å². The van der Waals surface area contributed by atoms with Crippen molar-refractivity contribution in [2.24, 2.45) is 9.98 Å². The van der Waals surface area contributed by atoms with E-state index in [9.17, 15) is 22.8 Å². The van der Waals surface area contributed by atoms with E-state index in [2.05, 4.69) is 24.8 Å². The predicted molar refractivity (Wildman–Crippen MR) is 168 cm³/mol. The van der Waals surface area contributed by atoms with Crippen molar-refractivity contribution in [3.05, 3.63) is 90.3 Å². The summed E-state index contributed by atoms with van der Waals surface area (Å²) in [5, 5.41) is 4.74. The Morgan fingerprint density at radius 3 is 2.36 bits per heavy atom. The molecule has 232 valence electrons. The smallest absolute Gasteiger partial charge is 0.406 e. The van der Waals surface area contributed by atoms with Gasteiger partial charge in [-0.1, -0.05) is 75.0 Å². The molecule has 3 amide bonds. The number of halogens is 3. The number of hydrogen-bond donors (Lipinski definition) is 0. The van der Waals surface area contributed by atoms with Gasteiger partial charge in [-0.3, -0.25) is 9.69 Å². The minimum Gasteiger partial charge on any atom is -0.406 e. The fourth-order valence-corrected chi connectivity index (χ4v) is 5.55. The molecular formula is C32H29F3N6O3S. The Morgan fingerprint density at radius 1 is 1.00 bits per heavy atom. The van der Waals surface area contributed by atoms with E-state index >= 15 is 0 Å². The van der Waals surface area contributed by atoms with Crippen LogP contribution in [-0.2, 0) is 4.79 Å². The molecule has 0 spiro atoms. The molecule has 5 rings (SSSR count). The third kappa shape index (κ3) is 7.48. The van der Waals surface area contributed by atoms with Gasteiger partial charge in [0, 0.05) is 17.2 Å². The number of urea groups is 1. The lowest BCUT2D eigenvalue weighted by molar-refractivity contribution is -0.274. The number of nitrogens with zero attached hydrogens (tertiary/aromatic N) is 6. The minimum atomic E-state index is -4.77. The highest BCUT2D eigenvalue weighted by Gasteiger charge is 2.32. The van der Waals surface area contributed by atoms with E-state index in [1.807, 2.05) is 69.3 Å². The number of para-hydroxylation sites is 1. The highest BCUT2D eigenvalue weighted by Crippen LogP contribution is 2.33. The molecule has 1 aliphatic rings. The Balaban J connectivity index is 1.27. The van der Waals surface area contributed by atoms with Gasteiger partial charge in [0.15, 0.2) is 11.0 Å². The molecule has 1 atom stereocenters. The van der Waals surface area contributed by atoms with Gasteiger partial charge in [0.2, 0.25) is 5.91 Å². The summed E-state index contributed by atoms with van der Waals surface area (Å²) >= 11 is 1.21. The van der Waals surface area contributed by atoms with Crippen LogP contribution in [0.5, 0.6) is 5.75 Å². The number of ether oxygens (including phenoxy) is 1. The van der Waals surface area contributed by atoms with Gasteiger partial charge in [-0.2, -0.15) is 4.99 Å². The van der Waals surface area contributed by atoms with Crippen molar-refractivity contribution >= 4 is 40.3 Å². The average molecular weight is 635 g/mol. The second-order valence-corrected chi connectivity index (χ2v) is 11.5. The Kier molecular flexibility index (Phi) is 9.19. The number of amides is 3. The Labute approximate surface area is 261 Å². The van der Waals surface area contributed by atoms with Crippen molar-refractivity contribution in [1.82, 2.24) is 14.8 Å². The number of benzene rings is 3. The van der Waals surface area contributed by atoms with Crippen LogP contribution >= 0.6 is 11.8 Å². The van der Waals surface area contributed by atoms with Crippen molar-refractivity contribution in [2.45, 2.75) is 45.9 Å². The molecule has 1 aromatic heterocycles. The molecule has 3 aromatic carbocycles. The van der Waals surface area contributed by atoms with Crippen LogP contribution in [0.25, 0.3) is 17.1 Å². The first kappa shape index (κ1) is 31.6.